The van der Waals surface area contributed by atoms with Gasteiger partial charge in [-0.25, -0.2) is 0 Å². The molecule has 1 atom stereocenters. The number of aliphatic imine (C=N–C) groups is 1. The summed E-state index contributed by atoms with van der Waals surface area (Å²) in [4.78, 5) is 9.30. The third-order valence-electron chi connectivity index (χ3n) is 2.85. The second-order valence-electron chi connectivity index (χ2n) is 5.86. The van der Waals surface area contributed by atoms with Crippen LogP contribution in [0.4, 0.5) is 0 Å². The van der Waals surface area contributed by atoms with Gasteiger partial charge in [-0.15, -0.1) is 0 Å². The molecule has 0 saturated heterocycles. The summed E-state index contributed by atoms with van der Waals surface area (Å²) in [5, 5.41) is 0. The Labute approximate surface area is 101 Å². The summed E-state index contributed by atoms with van der Waals surface area (Å²) in [6.07, 6.45) is 1.24. The molecule has 0 aromatic carbocycles. The van der Waals surface area contributed by atoms with E-state index in [-0.39, 0.29) is 0 Å². The van der Waals surface area contributed by atoms with Gasteiger partial charge >= 0.3 is 0 Å². The quantitative estimate of drug-likeness (QED) is 0.731. The number of rotatable bonds is 4. The standard InChI is InChI=1S/C13H27N3/c1-10(2)7-12-8-14-13(15(5)6)16(12)9-11(3)4/h10-12H,7-9H2,1-6H3. The highest BCUT2D eigenvalue weighted by atomic mass is 15.4. The Morgan fingerprint density at radius 2 is 1.88 bits per heavy atom. The molecular weight excluding hydrogens is 198 g/mol. The normalized spacial score (nSPS) is 20.9. The second kappa shape index (κ2) is 5.55. The van der Waals surface area contributed by atoms with Crippen molar-refractivity contribution >= 4 is 5.96 Å². The van der Waals surface area contributed by atoms with E-state index in [0.717, 1.165) is 19.0 Å². The Kier molecular flexibility index (Phi) is 4.63. The molecule has 1 unspecified atom stereocenters. The molecule has 0 fully saturated rings. The lowest BCUT2D eigenvalue weighted by molar-refractivity contribution is 0.254. The van der Waals surface area contributed by atoms with E-state index in [2.05, 4.69) is 56.6 Å². The lowest BCUT2D eigenvalue weighted by Crippen LogP contribution is -2.45. The molecule has 1 aliphatic rings. The van der Waals surface area contributed by atoms with Crippen LogP contribution in [0.1, 0.15) is 34.1 Å². The molecule has 3 nitrogen and oxygen atoms in total. The molecule has 1 heterocycles. The monoisotopic (exact) mass is 225 g/mol. The first-order valence-electron chi connectivity index (χ1n) is 6.40. The van der Waals surface area contributed by atoms with E-state index in [1.165, 1.54) is 12.4 Å². The molecule has 0 aromatic rings. The molecular formula is C13H27N3. The van der Waals surface area contributed by atoms with Crippen LogP contribution in [0.15, 0.2) is 4.99 Å². The molecule has 0 amide bonds. The molecule has 0 saturated carbocycles. The van der Waals surface area contributed by atoms with Crippen molar-refractivity contribution in [2.75, 3.05) is 27.2 Å². The van der Waals surface area contributed by atoms with Crippen molar-refractivity contribution in [1.29, 1.82) is 0 Å². The zero-order valence-electron chi connectivity index (χ0n) is 11.7. The van der Waals surface area contributed by atoms with Crippen LogP contribution in [-0.2, 0) is 0 Å². The minimum atomic E-state index is 0.611. The van der Waals surface area contributed by atoms with E-state index < -0.39 is 0 Å². The summed E-state index contributed by atoms with van der Waals surface area (Å²) in [7, 11) is 4.17. The molecule has 1 rings (SSSR count). The summed E-state index contributed by atoms with van der Waals surface area (Å²) < 4.78 is 0. The summed E-state index contributed by atoms with van der Waals surface area (Å²) in [6, 6.07) is 0.611. The van der Waals surface area contributed by atoms with E-state index in [0.29, 0.717) is 12.0 Å². The van der Waals surface area contributed by atoms with Crippen molar-refractivity contribution in [2.45, 2.75) is 40.2 Å². The van der Waals surface area contributed by atoms with Gasteiger partial charge in [0.05, 0.1) is 12.6 Å². The first-order chi connectivity index (χ1) is 7.41. The van der Waals surface area contributed by atoms with Crippen LogP contribution in [0.5, 0.6) is 0 Å². The van der Waals surface area contributed by atoms with Crippen LogP contribution in [0.25, 0.3) is 0 Å². The zero-order chi connectivity index (χ0) is 12.3. The number of nitrogens with zero attached hydrogens (tertiary/aromatic N) is 3. The predicted octanol–water partition coefficient (Wildman–Crippen LogP) is 2.29. The number of hydrogen-bond donors (Lipinski definition) is 0. The summed E-state index contributed by atoms with van der Waals surface area (Å²) in [5.74, 6) is 2.61. The molecule has 16 heavy (non-hydrogen) atoms. The lowest BCUT2D eigenvalue weighted by Gasteiger charge is -2.32. The first kappa shape index (κ1) is 13.3. The van der Waals surface area contributed by atoms with Gasteiger partial charge in [-0.2, -0.15) is 0 Å². The van der Waals surface area contributed by atoms with Crippen molar-refractivity contribution < 1.29 is 0 Å². The molecule has 0 radical (unpaired) electrons. The van der Waals surface area contributed by atoms with E-state index in [1.807, 2.05) is 0 Å². The fourth-order valence-corrected chi connectivity index (χ4v) is 2.31. The van der Waals surface area contributed by atoms with Gasteiger partial charge < -0.3 is 9.80 Å². The molecule has 0 N–H and O–H groups in total. The van der Waals surface area contributed by atoms with Gasteiger partial charge in [0.15, 0.2) is 5.96 Å². The summed E-state index contributed by atoms with van der Waals surface area (Å²) >= 11 is 0. The summed E-state index contributed by atoms with van der Waals surface area (Å²) in [5.41, 5.74) is 0. The molecule has 0 aromatic heterocycles. The SMILES string of the molecule is CC(C)CC1CN=C(N(C)C)N1CC(C)C. The topological polar surface area (TPSA) is 18.8 Å². The average molecular weight is 225 g/mol. The van der Waals surface area contributed by atoms with E-state index in [4.69, 9.17) is 0 Å². The molecule has 0 aliphatic carbocycles. The molecule has 94 valence electrons. The maximum absolute atomic E-state index is 4.67. The van der Waals surface area contributed by atoms with Gasteiger partial charge in [0, 0.05) is 20.6 Å². The van der Waals surface area contributed by atoms with Gasteiger partial charge in [0.1, 0.15) is 0 Å². The van der Waals surface area contributed by atoms with Crippen LogP contribution >= 0.6 is 0 Å². The summed E-state index contributed by atoms with van der Waals surface area (Å²) in [6.45, 7) is 11.2. The number of hydrogen-bond acceptors (Lipinski definition) is 3. The molecule has 0 spiro atoms. The van der Waals surface area contributed by atoms with Crippen LogP contribution in [0, 0.1) is 11.8 Å². The van der Waals surface area contributed by atoms with Gasteiger partial charge in [-0.05, 0) is 18.3 Å². The van der Waals surface area contributed by atoms with Gasteiger partial charge in [0.25, 0.3) is 0 Å². The average Bonchev–Trinajstić information content (AvgIpc) is 2.47. The maximum atomic E-state index is 4.67. The fraction of sp³-hybridized carbons (Fsp3) is 0.923. The van der Waals surface area contributed by atoms with Crippen LogP contribution < -0.4 is 0 Å². The largest absolute Gasteiger partial charge is 0.349 e. The highest BCUT2D eigenvalue weighted by molar-refractivity contribution is 5.81. The third kappa shape index (κ3) is 3.39. The smallest absolute Gasteiger partial charge is 0.196 e. The van der Waals surface area contributed by atoms with Gasteiger partial charge in [0.2, 0.25) is 0 Å². The highest BCUT2D eigenvalue weighted by Crippen LogP contribution is 2.20. The third-order valence-corrected chi connectivity index (χ3v) is 2.85. The van der Waals surface area contributed by atoms with Crippen LogP contribution in [0.3, 0.4) is 0 Å². The lowest BCUT2D eigenvalue weighted by atomic mass is 10.0. The van der Waals surface area contributed by atoms with Crippen molar-refractivity contribution in [2.24, 2.45) is 16.8 Å². The number of guanidine groups is 1. The van der Waals surface area contributed by atoms with Gasteiger partial charge in [-0.3, -0.25) is 4.99 Å². The molecule has 3 heteroatoms. The predicted molar refractivity (Wildman–Crippen MR) is 70.8 cm³/mol. The fourth-order valence-electron chi connectivity index (χ4n) is 2.31. The van der Waals surface area contributed by atoms with Gasteiger partial charge in [-0.1, -0.05) is 27.7 Å². The Balaban J connectivity index is 2.68. The first-order valence-corrected chi connectivity index (χ1v) is 6.40. The minimum Gasteiger partial charge on any atom is -0.349 e. The van der Waals surface area contributed by atoms with Crippen LogP contribution in [-0.4, -0.2) is 49.0 Å². The highest BCUT2D eigenvalue weighted by Gasteiger charge is 2.29. The van der Waals surface area contributed by atoms with E-state index in [9.17, 15) is 0 Å². The minimum absolute atomic E-state index is 0.611. The zero-order valence-corrected chi connectivity index (χ0v) is 11.7. The van der Waals surface area contributed by atoms with Crippen LogP contribution in [0.2, 0.25) is 0 Å². The van der Waals surface area contributed by atoms with Crippen molar-refractivity contribution in [3.05, 3.63) is 0 Å². The van der Waals surface area contributed by atoms with E-state index >= 15 is 0 Å². The molecule has 1 aliphatic heterocycles. The second-order valence-corrected chi connectivity index (χ2v) is 5.86. The Morgan fingerprint density at radius 3 is 2.31 bits per heavy atom. The molecule has 0 bridgehead atoms. The Bertz CT molecular complexity index is 244. The maximum Gasteiger partial charge on any atom is 0.196 e. The van der Waals surface area contributed by atoms with Crippen molar-refractivity contribution in [3.63, 3.8) is 0 Å². The van der Waals surface area contributed by atoms with E-state index in [1.54, 1.807) is 0 Å². The Morgan fingerprint density at radius 1 is 1.25 bits per heavy atom. The van der Waals surface area contributed by atoms with Crippen molar-refractivity contribution in [3.8, 4) is 0 Å². The van der Waals surface area contributed by atoms with Crippen molar-refractivity contribution in [1.82, 2.24) is 9.80 Å². The Hall–Kier alpha value is -0.730.